The first kappa shape index (κ1) is 17.0. The van der Waals surface area contributed by atoms with Gasteiger partial charge in [0.1, 0.15) is 17.2 Å². The summed E-state index contributed by atoms with van der Waals surface area (Å²) in [4.78, 5) is 30.7. The van der Waals surface area contributed by atoms with Crippen molar-refractivity contribution in [3.05, 3.63) is 35.5 Å². The van der Waals surface area contributed by atoms with Gasteiger partial charge in [0.15, 0.2) is 5.78 Å². The molecule has 1 fully saturated rings. The van der Waals surface area contributed by atoms with E-state index in [1.807, 2.05) is 24.3 Å². The molecule has 1 aromatic carbocycles. The molecular weight excluding hydrogens is 352 g/mol. The second-order valence-corrected chi connectivity index (χ2v) is 7.91. The summed E-state index contributed by atoms with van der Waals surface area (Å²) in [6, 6.07) is 7.84. The topological polar surface area (TPSA) is 68.7 Å². The molecule has 2 aliphatic rings. The number of ketones is 1. The summed E-state index contributed by atoms with van der Waals surface area (Å²) in [6.45, 7) is 0. The highest BCUT2D eigenvalue weighted by molar-refractivity contribution is 7.19. The maximum absolute atomic E-state index is 13.0. The summed E-state index contributed by atoms with van der Waals surface area (Å²) in [5.41, 5.74) is 1.44. The maximum atomic E-state index is 13.0. The van der Waals surface area contributed by atoms with Crippen molar-refractivity contribution in [1.29, 1.82) is 0 Å². The zero-order valence-corrected chi connectivity index (χ0v) is 15.5. The minimum absolute atomic E-state index is 0.0812. The molecule has 1 aliphatic carbocycles. The third-order valence-electron chi connectivity index (χ3n) is 4.86. The maximum Gasteiger partial charge on any atom is 0.409 e. The van der Waals surface area contributed by atoms with E-state index in [0.29, 0.717) is 29.8 Å². The molecule has 0 spiro atoms. The number of thiazole rings is 1. The van der Waals surface area contributed by atoms with Crippen molar-refractivity contribution >= 4 is 39.0 Å². The normalized spacial score (nSPS) is 25.2. The average molecular weight is 372 g/mol. The van der Waals surface area contributed by atoms with Crippen LogP contribution in [0, 0.1) is 5.92 Å². The number of allylic oxidation sites excluding steroid dienone is 1. The number of para-hydroxylation sites is 1. The smallest absolute Gasteiger partial charge is 0.409 e. The van der Waals surface area contributed by atoms with E-state index in [0.717, 1.165) is 10.2 Å². The van der Waals surface area contributed by atoms with E-state index < -0.39 is 0 Å². The van der Waals surface area contributed by atoms with E-state index in [1.165, 1.54) is 22.5 Å². The lowest BCUT2D eigenvalue weighted by Crippen LogP contribution is -2.42. The molecule has 1 amide bonds. The molecule has 0 N–H and O–H groups in total. The number of nitrogens with zero attached hydrogens (tertiary/aromatic N) is 2. The zero-order chi connectivity index (χ0) is 18.3. The highest BCUT2D eigenvalue weighted by Crippen LogP contribution is 2.38. The summed E-state index contributed by atoms with van der Waals surface area (Å²) < 4.78 is 12.4. The molecule has 4 rings (SSSR count). The molecule has 0 bridgehead atoms. The minimum atomic E-state index is -0.360. The van der Waals surface area contributed by atoms with Gasteiger partial charge in [0.2, 0.25) is 0 Å². The quantitative estimate of drug-likeness (QED) is 0.807. The SMILES string of the molecule is CN(C)C(=O)OC1CCC2C(=O)C(c3nc4ccccc4s3)=COC2C1. The summed E-state index contributed by atoms with van der Waals surface area (Å²) >= 11 is 1.50. The van der Waals surface area contributed by atoms with Crippen LogP contribution in [-0.2, 0) is 14.3 Å². The third kappa shape index (κ3) is 3.07. The fourth-order valence-corrected chi connectivity index (χ4v) is 4.43. The molecule has 0 radical (unpaired) electrons. The van der Waals surface area contributed by atoms with Gasteiger partial charge in [-0.15, -0.1) is 11.3 Å². The molecule has 3 unspecified atom stereocenters. The predicted molar refractivity (Wildman–Crippen MR) is 98.8 cm³/mol. The van der Waals surface area contributed by atoms with Crippen LogP contribution in [0.4, 0.5) is 4.79 Å². The Morgan fingerprint density at radius 2 is 2.12 bits per heavy atom. The van der Waals surface area contributed by atoms with Crippen molar-refractivity contribution in [2.24, 2.45) is 5.92 Å². The van der Waals surface area contributed by atoms with Gasteiger partial charge in [-0.2, -0.15) is 0 Å². The van der Waals surface area contributed by atoms with Crippen LogP contribution in [0.5, 0.6) is 0 Å². The van der Waals surface area contributed by atoms with Gasteiger partial charge in [-0.1, -0.05) is 12.1 Å². The number of benzene rings is 1. The predicted octanol–water partition coefficient (Wildman–Crippen LogP) is 3.47. The second kappa shape index (κ2) is 6.72. The molecule has 3 atom stereocenters. The van der Waals surface area contributed by atoms with Crippen LogP contribution in [-0.4, -0.2) is 48.1 Å². The van der Waals surface area contributed by atoms with Gasteiger partial charge < -0.3 is 14.4 Å². The first-order valence-electron chi connectivity index (χ1n) is 8.66. The van der Waals surface area contributed by atoms with Crippen LogP contribution in [0.15, 0.2) is 30.5 Å². The van der Waals surface area contributed by atoms with E-state index in [1.54, 1.807) is 14.1 Å². The summed E-state index contributed by atoms with van der Waals surface area (Å²) in [5.74, 6) is -0.117. The van der Waals surface area contributed by atoms with Gasteiger partial charge in [-0.05, 0) is 25.0 Å². The van der Waals surface area contributed by atoms with Crippen LogP contribution >= 0.6 is 11.3 Å². The lowest BCUT2D eigenvalue weighted by Gasteiger charge is -2.37. The van der Waals surface area contributed by atoms with Crippen molar-refractivity contribution in [2.75, 3.05) is 14.1 Å². The van der Waals surface area contributed by atoms with Crippen molar-refractivity contribution in [1.82, 2.24) is 9.88 Å². The minimum Gasteiger partial charge on any atom is -0.496 e. The Bertz CT molecular complexity index is 856. The van der Waals surface area contributed by atoms with Crippen molar-refractivity contribution in [2.45, 2.75) is 31.5 Å². The fourth-order valence-electron chi connectivity index (χ4n) is 3.45. The summed E-state index contributed by atoms with van der Waals surface area (Å²) in [5, 5.41) is 0.704. The number of hydrogen-bond acceptors (Lipinski definition) is 6. The zero-order valence-electron chi connectivity index (χ0n) is 14.7. The Kier molecular flexibility index (Phi) is 4.40. The monoisotopic (exact) mass is 372 g/mol. The molecule has 26 heavy (non-hydrogen) atoms. The number of carbonyl (C=O) groups excluding carboxylic acids is 2. The summed E-state index contributed by atoms with van der Waals surface area (Å²) in [7, 11) is 3.31. The number of aromatic nitrogens is 1. The van der Waals surface area contributed by atoms with Crippen LogP contribution < -0.4 is 0 Å². The standard InChI is InChI=1S/C19H20N2O4S/c1-21(2)19(23)25-11-7-8-12-15(9-11)24-10-13(17(12)22)18-20-14-5-3-4-6-16(14)26-18/h3-6,10-12,15H,7-9H2,1-2H3. The Balaban J connectivity index is 1.51. The first-order chi connectivity index (χ1) is 12.5. The van der Waals surface area contributed by atoms with E-state index in [9.17, 15) is 9.59 Å². The lowest BCUT2D eigenvalue weighted by atomic mass is 9.79. The number of hydrogen-bond donors (Lipinski definition) is 0. The van der Waals surface area contributed by atoms with Gasteiger partial charge in [0.25, 0.3) is 0 Å². The van der Waals surface area contributed by atoms with Crippen molar-refractivity contribution in [3.63, 3.8) is 0 Å². The molecule has 6 nitrogen and oxygen atoms in total. The van der Waals surface area contributed by atoms with E-state index in [-0.39, 0.29) is 30.0 Å². The van der Waals surface area contributed by atoms with Gasteiger partial charge in [-0.25, -0.2) is 9.78 Å². The Morgan fingerprint density at radius 3 is 2.88 bits per heavy atom. The third-order valence-corrected chi connectivity index (χ3v) is 5.93. The molecule has 136 valence electrons. The molecule has 1 aliphatic heterocycles. The fraction of sp³-hybridized carbons (Fsp3) is 0.421. The first-order valence-corrected chi connectivity index (χ1v) is 9.48. The van der Waals surface area contributed by atoms with Crippen LogP contribution in [0.1, 0.15) is 24.3 Å². The van der Waals surface area contributed by atoms with E-state index in [4.69, 9.17) is 9.47 Å². The Hall–Kier alpha value is -2.41. The number of rotatable bonds is 2. The van der Waals surface area contributed by atoms with E-state index in [2.05, 4.69) is 4.98 Å². The van der Waals surface area contributed by atoms with Crippen LogP contribution in [0.25, 0.3) is 15.8 Å². The molecule has 7 heteroatoms. The molecule has 1 saturated carbocycles. The largest absolute Gasteiger partial charge is 0.496 e. The average Bonchev–Trinajstić information content (AvgIpc) is 3.05. The number of fused-ring (bicyclic) bond motifs is 2. The van der Waals surface area contributed by atoms with Gasteiger partial charge in [-0.3, -0.25) is 4.79 Å². The van der Waals surface area contributed by atoms with Crippen molar-refractivity contribution in [3.8, 4) is 0 Å². The van der Waals surface area contributed by atoms with Gasteiger partial charge in [0, 0.05) is 20.5 Å². The summed E-state index contributed by atoms with van der Waals surface area (Å²) in [6.07, 6.45) is 2.59. The molecular formula is C19H20N2O4S. The van der Waals surface area contributed by atoms with Gasteiger partial charge in [0.05, 0.1) is 28.0 Å². The van der Waals surface area contributed by atoms with Crippen LogP contribution in [0.2, 0.25) is 0 Å². The number of Topliss-reactive ketones (excluding diaryl/α,β-unsaturated/α-hetero) is 1. The highest BCUT2D eigenvalue weighted by atomic mass is 32.1. The molecule has 2 aromatic rings. The molecule has 0 saturated heterocycles. The number of amides is 1. The molecule has 1 aromatic heterocycles. The number of ether oxygens (including phenoxy) is 2. The van der Waals surface area contributed by atoms with Gasteiger partial charge >= 0.3 is 6.09 Å². The second-order valence-electron chi connectivity index (χ2n) is 6.88. The Morgan fingerprint density at radius 1 is 1.31 bits per heavy atom. The Labute approximate surface area is 155 Å². The lowest BCUT2D eigenvalue weighted by molar-refractivity contribution is -0.126. The molecule has 2 heterocycles. The van der Waals surface area contributed by atoms with E-state index >= 15 is 0 Å². The van der Waals surface area contributed by atoms with Crippen molar-refractivity contribution < 1.29 is 19.1 Å². The van der Waals surface area contributed by atoms with Crippen LogP contribution in [0.3, 0.4) is 0 Å². The highest BCUT2D eigenvalue weighted by Gasteiger charge is 2.42. The number of carbonyl (C=O) groups is 2.